The summed E-state index contributed by atoms with van der Waals surface area (Å²) in [7, 11) is 5.87. The highest BCUT2D eigenvalue weighted by Gasteiger charge is 2.10. The second-order valence-corrected chi connectivity index (χ2v) is 6.65. The Balaban J connectivity index is 1.93. The smallest absolute Gasteiger partial charge is 0.204 e. The number of rotatable bonds is 7. The maximum Gasteiger partial charge on any atom is 0.204 e. The quantitative estimate of drug-likeness (QED) is 0.264. The maximum atomic E-state index is 8.57. The minimum Gasteiger partial charge on any atom is -0.467 e. The highest BCUT2D eigenvalue weighted by molar-refractivity contribution is 7.98. The summed E-state index contributed by atoms with van der Waals surface area (Å²) in [5.74, 6) is 3.17. The van der Waals surface area contributed by atoms with Crippen molar-refractivity contribution in [1.82, 2.24) is 15.5 Å². The van der Waals surface area contributed by atoms with Crippen molar-refractivity contribution < 1.29 is 4.42 Å². The first kappa shape index (κ1) is 18.2. The Hall–Kier alpha value is -2.17. The van der Waals surface area contributed by atoms with Crippen molar-refractivity contribution in [2.24, 2.45) is 4.99 Å². The average molecular weight is 345 g/mol. The zero-order valence-electron chi connectivity index (χ0n) is 14.3. The van der Waals surface area contributed by atoms with Gasteiger partial charge in [0, 0.05) is 30.1 Å². The fraction of sp³-hybridized carbons (Fsp3) is 0.412. The number of fused-ring (bicyclic) bond motifs is 1. The van der Waals surface area contributed by atoms with E-state index in [4.69, 9.17) is 9.68 Å². The molecule has 6 nitrogen and oxygen atoms in total. The Kier molecular flexibility index (Phi) is 6.97. The van der Waals surface area contributed by atoms with Crippen molar-refractivity contribution in [2.45, 2.75) is 12.3 Å². The molecule has 0 radical (unpaired) electrons. The lowest BCUT2D eigenvalue weighted by atomic mass is 10.1. The van der Waals surface area contributed by atoms with Gasteiger partial charge in [0.25, 0.3) is 0 Å². The summed E-state index contributed by atoms with van der Waals surface area (Å²) in [6.07, 6.45) is 3.71. The molecule has 24 heavy (non-hydrogen) atoms. The molecule has 0 atom stereocenters. The molecule has 128 valence electrons. The lowest BCUT2D eigenvalue weighted by molar-refractivity contribution is 0.404. The highest BCUT2D eigenvalue weighted by atomic mass is 32.2. The fourth-order valence-corrected chi connectivity index (χ4v) is 3.17. The van der Waals surface area contributed by atoms with E-state index in [0.717, 1.165) is 23.8 Å². The molecule has 0 saturated carbocycles. The van der Waals surface area contributed by atoms with Crippen LogP contribution in [0.15, 0.2) is 33.9 Å². The number of aliphatic imine (C=N–C) groups is 1. The number of hydrogen-bond acceptors (Lipinski definition) is 5. The topological polar surface area (TPSA) is 76.6 Å². The number of nitrogens with zero attached hydrogens (tertiary/aromatic N) is 3. The molecule has 1 aromatic heterocycles. The summed E-state index contributed by atoms with van der Waals surface area (Å²) >= 11 is 1.77. The average Bonchev–Trinajstić information content (AvgIpc) is 2.97. The van der Waals surface area contributed by atoms with Crippen molar-refractivity contribution in [3.63, 3.8) is 0 Å². The van der Waals surface area contributed by atoms with Crippen molar-refractivity contribution in [2.75, 3.05) is 33.4 Å². The molecule has 0 bridgehead atoms. The van der Waals surface area contributed by atoms with Gasteiger partial charge in [0.05, 0.1) is 18.6 Å². The van der Waals surface area contributed by atoms with Crippen LogP contribution < -0.4 is 10.6 Å². The molecule has 7 heteroatoms. The number of benzene rings is 1. The monoisotopic (exact) mass is 345 g/mol. The number of guanidine groups is 1. The van der Waals surface area contributed by atoms with Crippen LogP contribution in [0.5, 0.6) is 0 Å². The lowest BCUT2D eigenvalue weighted by Crippen LogP contribution is -2.31. The molecule has 0 spiro atoms. The molecule has 2 rings (SSSR count). The number of hydrogen-bond donors (Lipinski definition) is 2. The van der Waals surface area contributed by atoms with Crippen LogP contribution in [-0.4, -0.2) is 44.3 Å². The minimum absolute atomic E-state index is 0.495. The number of nitriles is 1. The number of nitrogens with one attached hydrogen (secondary N) is 2. The van der Waals surface area contributed by atoms with E-state index in [-0.39, 0.29) is 0 Å². The van der Waals surface area contributed by atoms with Crippen LogP contribution >= 0.6 is 11.8 Å². The zero-order chi connectivity index (χ0) is 17.4. The first-order valence-corrected chi connectivity index (χ1v) is 8.89. The van der Waals surface area contributed by atoms with Gasteiger partial charge in [-0.05, 0) is 19.7 Å². The fourth-order valence-electron chi connectivity index (χ4n) is 2.40. The van der Waals surface area contributed by atoms with E-state index in [2.05, 4.69) is 52.8 Å². The van der Waals surface area contributed by atoms with Gasteiger partial charge in [0.2, 0.25) is 5.96 Å². The van der Waals surface area contributed by atoms with Crippen molar-refractivity contribution in [1.29, 1.82) is 5.26 Å². The van der Waals surface area contributed by atoms with Crippen LogP contribution in [0.1, 0.15) is 11.3 Å². The number of thioether (sulfide) groups is 1. The Morgan fingerprint density at radius 3 is 2.92 bits per heavy atom. The third-order valence-corrected chi connectivity index (χ3v) is 4.39. The van der Waals surface area contributed by atoms with E-state index >= 15 is 0 Å². The Morgan fingerprint density at radius 1 is 1.38 bits per heavy atom. The third kappa shape index (κ3) is 4.91. The molecule has 0 fully saturated rings. The third-order valence-electron chi connectivity index (χ3n) is 3.45. The molecule has 0 aliphatic heterocycles. The highest BCUT2D eigenvalue weighted by Crippen LogP contribution is 2.28. The standard InChI is InChI=1S/C17H23N5OS/c1-19-17(21-12-18)20-7-8-24-11-16-14-6-4-5-13(9-22(2)3)15(14)10-23-16/h4-6,10H,7-9,11H2,1-3H3,(H2,19,20,21). The summed E-state index contributed by atoms with van der Waals surface area (Å²) in [5.41, 5.74) is 1.28. The molecule has 1 heterocycles. The van der Waals surface area contributed by atoms with E-state index in [1.807, 2.05) is 12.5 Å². The molecular weight excluding hydrogens is 322 g/mol. The summed E-state index contributed by atoms with van der Waals surface area (Å²) in [5, 5.41) is 16.3. The molecule has 0 aliphatic carbocycles. The normalized spacial score (nSPS) is 11.7. The predicted octanol–water partition coefficient (Wildman–Crippen LogP) is 2.37. The van der Waals surface area contributed by atoms with E-state index in [0.29, 0.717) is 12.5 Å². The predicted molar refractivity (Wildman–Crippen MR) is 99.9 cm³/mol. The Morgan fingerprint density at radius 2 is 2.21 bits per heavy atom. The van der Waals surface area contributed by atoms with Crippen LogP contribution in [0.25, 0.3) is 10.8 Å². The van der Waals surface area contributed by atoms with Crippen molar-refractivity contribution in [3.05, 3.63) is 35.8 Å². The van der Waals surface area contributed by atoms with Crippen LogP contribution in [0.4, 0.5) is 0 Å². The lowest BCUT2D eigenvalue weighted by Gasteiger charge is -2.10. The van der Waals surface area contributed by atoms with Gasteiger partial charge in [0.1, 0.15) is 5.76 Å². The van der Waals surface area contributed by atoms with Gasteiger partial charge >= 0.3 is 0 Å². The van der Waals surface area contributed by atoms with Gasteiger partial charge in [-0.2, -0.15) is 17.0 Å². The summed E-state index contributed by atoms with van der Waals surface area (Å²) in [4.78, 5) is 6.43. The summed E-state index contributed by atoms with van der Waals surface area (Å²) in [6, 6.07) is 6.34. The maximum absolute atomic E-state index is 8.57. The van der Waals surface area contributed by atoms with Crippen LogP contribution in [-0.2, 0) is 12.3 Å². The van der Waals surface area contributed by atoms with Gasteiger partial charge < -0.3 is 14.6 Å². The van der Waals surface area contributed by atoms with Crippen molar-refractivity contribution in [3.8, 4) is 6.19 Å². The molecule has 2 N–H and O–H groups in total. The zero-order valence-corrected chi connectivity index (χ0v) is 15.1. The first-order valence-electron chi connectivity index (χ1n) is 7.73. The van der Waals surface area contributed by atoms with Gasteiger partial charge in [-0.15, -0.1) is 0 Å². The second kappa shape index (κ2) is 9.21. The van der Waals surface area contributed by atoms with Gasteiger partial charge in [-0.1, -0.05) is 18.2 Å². The van der Waals surface area contributed by atoms with E-state index < -0.39 is 0 Å². The van der Waals surface area contributed by atoms with E-state index in [1.54, 1.807) is 18.8 Å². The Labute approximate surface area is 146 Å². The minimum atomic E-state index is 0.495. The molecule has 1 aromatic carbocycles. The molecule has 0 aliphatic rings. The summed E-state index contributed by atoms with van der Waals surface area (Å²) < 4.78 is 5.78. The van der Waals surface area contributed by atoms with Gasteiger partial charge in [0.15, 0.2) is 6.19 Å². The second-order valence-electron chi connectivity index (χ2n) is 5.54. The SMILES string of the molecule is CNC(=NCCSCc1occ2c(CN(C)C)cccc12)NC#N. The van der Waals surface area contributed by atoms with Crippen LogP contribution in [0.2, 0.25) is 0 Å². The van der Waals surface area contributed by atoms with Crippen LogP contribution in [0, 0.1) is 11.5 Å². The molecular formula is C17H23N5OS. The van der Waals surface area contributed by atoms with E-state index in [9.17, 15) is 0 Å². The molecule has 0 amide bonds. The molecule has 0 unspecified atom stereocenters. The first-order chi connectivity index (χ1) is 11.7. The summed E-state index contributed by atoms with van der Waals surface area (Å²) in [6.45, 7) is 1.54. The molecule has 0 saturated heterocycles. The number of furan rings is 1. The van der Waals surface area contributed by atoms with Gasteiger partial charge in [-0.3, -0.25) is 10.3 Å². The van der Waals surface area contributed by atoms with E-state index in [1.165, 1.54) is 16.3 Å². The Bertz CT molecular complexity index is 732. The van der Waals surface area contributed by atoms with Gasteiger partial charge in [-0.25, -0.2) is 0 Å². The molecule has 2 aromatic rings. The largest absolute Gasteiger partial charge is 0.467 e. The van der Waals surface area contributed by atoms with Crippen LogP contribution in [0.3, 0.4) is 0 Å². The van der Waals surface area contributed by atoms with Crippen molar-refractivity contribution >= 4 is 28.5 Å².